The molecule has 0 aliphatic heterocycles. The summed E-state index contributed by atoms with van der Waals surface area (Å²) >= 11 is 5.52. The number of nitrogens with zero attached hydrogens (tertiary/aromatic N) is 3. The van der Waals surface area contributed by atoms with E-state index in [1.807, 2.05) is 23.6 Å². The number of fused-ring (bicyclic) bond motifs is 1. The molecule has 0 fully saturated rings. The molecule has 1 radical (unpaired) electrons. The first kappa shape index (κ1) is 28.4. The minimum Gasteiger partial charge on any atom is -0.493 e. The van der Waals surface area contributed by atoms with Gasteiger partial charge in [0.1, 0.15) is 11.2 Å². The SMILES string of the molecule is CCCCn1c(O)c(C=Cc2nc3c(CCC(C)S(=O)(=O)O)cccc3o2)n(CC)c1=S.[K]. The van der Waals surface area contributed by atoms with E-state index < -0.39 is 15.4 Å². The van der Waals surface area contributed by atoms with Crippen LogP contribution in [0.1, 0.15) is 57.2 Å². The molecule has 11 heteroatoms. The third-order valence-electron chi connectivity index (χ3n) is 5.52. The van der Waals surface area contributed by atoms with Gasteiger partial charge >= 0.3 is 0 Å². The van der Waals surface area contributed by atoms with Gasteiger partial charge < -0.3 is 14.1 Å². The molecule has 2 aromatic heterocycles. The van der Waals surface area contributed by atoms with Crippen LogP contribution < -0.4 is 0 Å². The van der Waals surface area contributed by atoms with Crippen LogP contribution in [0.4, 0.5) is 0 Å². The summed E-state index contributed by atoms with van der Waals surface area (Å²) in [7, 11) is -4.07. The van der Waals surface area contributed by atoms with Gasteiger partial charge in [0.25, 0.3) is 10.1 Å². The molecule has 0 spiro atoms. The number of unbranched alkanes of at least 4 members (excludes halogenated alkanes) is 1. The van der Waals surface area contributed by atoms with Crippen molar-refractivity contribution in [1.29, 1.82) is 0 Å². The largest absolute Gasteiger partial charge is 0.493 e. The summed E-state index contributed by atoms with van der Waals surface area (Å²) in [6.07, 6.45) is 6.05. The molecule has 2 N–H and O–H groups in total. The number of benzene rings is 1. The molecule has 3 aromatic rings. The molecule has 33 heavy (non-hydrogen) atoms. The molecule has 0 aliphatic rings. The normalized spacial score (nSPS) is 13.0. The number of para-hydroxylation sites is 1. The van der Waals surface area contributed by atoms with Crippen LogP contribution in [0.15, 0.2) is 22.6 Å². The third kappa shape index (κ3) is 6.66. The van der Waals surface area contributed by atoms with Crippen LogP contribution in [0.3, 0.4) is 0 Å². The molecule has 1 atom stereocenters. The Morgan fingerprint density at radius 2 is 1.97 bits per heavy atom. The second-order valence-corrected chi connectivity index (χ2v) is 9.95. The zero-order chi connectivity index (χ0) is 23.5. The summed E-state index contributed by atoms with van der Waals surface area (Å²) in [6.45, 7) is 6.80. The topological polar surface area (TPSA) is 110 Å². The van der Waals surface area contributed by atoms with E-state index in [0.717, 1.165) is 18.4 Å². The van der Waals surface area contributed by atoms with Crippen molar-refractivity contribution in [2.24, 2.45) is 0 Å². The smallest absolute Gasteiger partial charge is 0.267 e. The monoisotopic (exact) mass is 518 g/mol. The van der Waals surface area contributed by atoms with Gasteiger partial charge in [-0.05, 0) is 63.0 Å². The summed E-state index contributed by atoms with van der Waals surface area (Å²) < 4.78 is 41.8. The number of oxazole rings is 1. The van der Waals surface area contributed by atoms with E-state index >= 15 is 0 Å². The Hall–Kier alpha value is -0.794. The second kappa shape index (κ2) is 12.3. The van der Waals surface area contributed by atoms with E-state index in [4.69, 9.17) is 16.6 Å². The number of aromatic nitrogens is 3. The van der Waals surface area contributed by atoms with Crippen molar-refractivity contribution in [1.82, 2.24) is 14.1 Å². The third-order valence-corrected chi connectivity index (χ3v) is 7.21. The van der Waals surface area contributed by atoms with Crippen molar-refractivity contribution < 1.29 is 22.5 Å². The van der Waals surface area contributed by atoms with Crippen LogP contribution in [0, 0.1) is 4.77 Å². The molecule has 1 aromatic carbocycles. The molecule has 175 valence electrons. The minimum absolute atomic E-state index is 0. The number of rotatable bonds is 10. The molecular weight excluding hydrogens is 489 g/mol. The second-order valence-electron chi connectivity index (χ2n) is 7.75. The van der Waals surface area contributed by atoms with Crippen LogP contribution >= 0.6 is 12.2 Å². The molecule has 0 amide bonds. The van der Waals surface area contributed by atoms with Gasteiger partial charge in [0.15, 0.2) is 10.4 Å². The molecule has 0 bridgehead atoms. The molecular formula is C22H29KN3O5S2. The van der Waals surface area contributed by atoms with Crippen LogP contribution in [0.5, 0.6) is 5.88 Å². The fraction of sp³-hybridized carbons (Fsp3) is 0.455. The van der Waals surface area contributed by atoms with Crippen LogP contribution in [0.2, 0.25) is 0 Å². The van der Waals surface area contributed by atoms with Gasteiger partial charge in [-0.15, -0.1) is 0 Å². The van der Waals surface area contributed by atoms with Crippen molar-refractivity contribution >= 4 is 97.0 Å². The van der Waals surface area contributed by atoms with E-state index in [1.165, 1.54) is 6.92 Å². The summed E-state index contributed by atoms with van der Waals surface area (Å²) in [5.74, 6) is 0.488. The number of aryl methyl sites for hydroxylation is 1. The summed E-state index contributed by atoms with van der Waals surface area (Å²) in [4.78, 5) is 4.54. The van der Waals surface area contributed by atoms with Gasteiger partial charge in [-0.2, -0.15) is 8.42 Å². The standard InChI is InChI=1S/C22H29N3O5S2.K/c1-4-6-14-25-21(26)17(24(5-2)22(25)31)12-13-19-23-20-16(8-7-9-18(20)30-19)11-10-15(3)32(27,28)29;/h7-9,12-13,15,26H,4-6,10-11,14H2,1-3H3,(H,27,28,29);. The van der Waals surface area contributed by atoms with E-state index in [-0.39, 0.29) is 63.7 Å². The molecule has 1 unspecified atom stereocenters. The van der Waals surface area contributed by atoms with Gasteiger partial charge in [0.2, 0.25) is 11.8 Å². The number of hydrogen-bond acceptors (Lipinski definition) is 6. The van der Waals surface area contributed by atoms with Crippen LogP contribution in [-0.2, 0) is 29.6 Å². The van der Waals surface area contributed by atoms with Crippen molar-refractivity contribution in [3.8, 4) is 5.88 Å². The zero-order valence-electron chi connectivity index (χ0n) is 19.5. The minimum atomic E-state index is -4.07. The Balaban J connectivity index is 0.00000385. The number of imidazole rings is 1. The van der Waals surface area contributed by atoms with E-state index in [1.54, 1.807) is 22.8 Å². The maximum Gasteiger partial charge on any atom is 0.267 e. The van der Waals surface area contributed by atoms with Gasteiger partial charge in [-0.1, -0.05) is 25.5 Å². The van der Waals surface area contributed by atoms with E-state index in [2.05, 4.69) is 11.9 Å². The summed E-state index contributed by atoms with van der Waals surface area (Å²) in [6, 6.07) is 5.48. The number of hydrogen-bond donors (Lipinski definition) is 2. The predicted molar refractivity (Wildman–Crippen MR) is 134 cm³/mol. The van der Waals surface area contributed by atoms with E-state index in [0.29, 0.717) is 47.0 Å². The first-order chi connectivity index (χ1) is 15.2. The van der Waals surface area contributed by atoms with Gasteiger partial charge in [-0.25, -0.2) is 4.98 Å². The van der Waals surface area contributed by atoms with Gasteiger partial charge in [0, 0.05) is 70.6 Å². The molecule has 8 nitrogen and oxygen atoms in total. The average Bonchev–Trinajstić information content (AvgIpc) is 3.26. The zero-order valence-corrected chi connectivity index (χ0v) is 24.2. The van der Waals surface area contributed by atoms with E-state index in [9.17, 15) is 18.1 Å². The Morgan fingerprint density at radius 3 is 2.61 bits per heavy atom. The van der Waals surface area contributed by atoms with Crippen molar-refractivity contribution in [3.05, 3.63) is 40.1 Å². The Labute approximate surface area is 241 Å². The predicted octanol–water partition coefficient (Wildman–Crippen LogP) is 4.68. The Morgan fingerprint density at radius 1 is 1.24 bits per heavy atom. The van der Waals surface area contributed by atoms with Gasteiger partial charge in [-0.3, -0.25) is 9.12 Å². The van der Waals surface area contributed by atoms with Crippen molar-refractivity contribution in [3.63, 3.8) is 0 Å². The quantitative estimate of drug-likeness (QED) is 0.228. The maximum atomic E-state index is 11.3. The number of aromatic hydroxyl groups is 1. The van der Waals surface area contributed by atoms with Crippen LogP contribution in [0.25, 0.3) is 23.3 Å². The van der Waals surface area contributed by atoms with Crippen LogP contribution in [-0.4, -0.2) is 88.8 Å². The van der Waals surface area contributed by atoms with Crippen molar-refractivity contribution in [2.45, 2.75) is 64.8 Å². The Bertz CT molecular complexity index is 1290. The average molecular weight is 519 g/mol. The fourth-order valence-corrected chi connectivity index (χ4v) is 4.36. The molecule has 3 rings (SSSR count). The molecule has 0 saturated carbocycles. The first-order valence-electron chi connectivity index (χ1n) is 10.7. The first-order valence-corrected chi connectivity index (χ1v) is 12.6. The van der Waals surface area contributed by atoms with Crippen molar-refractivity contribution in [2.75, 3.05) is 0 Å². The molecule has 0 aliphatic carbocycles. The molecule has 0 saturated heterocycles. The summed E-state index contributed by atoms with van der Waals surface area (Å²) in [5.41, 5.74) is 2.66. The maximum absolute atomic E-state index is 11.3. The fourth-order valence-electron chi connectivity index (χ4n) is 3.54. The summed E-state index contributed by atoms with van der Waals surface area (Å²) in [5, 5.41) is 9.84. The molecule has 2 heterocycles. The van der Waals surface area contributed by atoms with Gasteiger partial charge in [0.05, 0.1) is 5.25 Å². The Kier molecular flexibility index (Phi) is 10.6.